The summed E-state index contributed by atoms with van der Waals surface area (Å²) in [6, 6.07) is 12.8. The highest BCUT2D eigenvalue weighted by Gasteiger charge is 2.35. The van der Waals surface area contributed by atoms with E-state index >= 15 is 0 Å². The van der Waals surface area contributed by atoms with Crippen LogP contribution in [0.3, 0.4) is 0 Å². The van der Waals surface area contributed by atoms with Crippen LogP contribution in [0.1, 0.15) is 16.7 Å². The fourth-order valence-electron chi connectivity index (χ4n) is 2.29. The molecule has 2 aromatic rings. The van der Waals surface area contributed by atoms with Gasteiger partial charge in [-0.25, -0.2) is 0 Å². The average Bonchev–Trinajstić information content (AvgIpc) is 2.80. The topological polar surface area (TPSA) is 57.6 Å². The standard InChI is InChI=1S/C18H14INO3S/c1-11-2-4-12(5-3-11)10-20-17(22)16(24-18(20)23)9-13-8-14(19)6-7-15(13)21/h2-9,21H,10H2,1H3/b16-9-. The monoisotopic (exact) mass is 451 g/mol. The number of phenolic OH excluding ortho intramolecular Hbond substituents is 1. The van der Waals surface area contributed by atoms with Crippen molar-refractivity contribution in [1.82, 2.24) is 4.90 Å². The summed E-state index contributed by atoms with van der Waals surface area (Å²) >= 11 is 3.03. The van der Waals surface area contributed by atoms with Gasteiger partial charge < -0.3 is 5.11 Å². The van der Waals surface area contributed by atoms with Gasteiger partial charge in [0.1, 0.15) is 5.75 Å². The minimum Gasteiger partial charge on any atom is -0.507 e. The van der Waals surface area contributed by atoms with Crippen LogP contribution < -0.4 is 0 Å². The quantitative estimate of drug-likeness (QED) is 0.550. The largest absolute Gasteiger partial charge is 0.507 e. The number of phenols is 1. The van der Waals surface area contributed by atoms with E-state index in [0.29, 0.717) is 10.5 Å². The normalized spacial score (nSPS) is 16.2. The average molecular weight is 451 g/mol. The SMILES string of the molecule is Cc1ccc(CN2C(=O)S/C(=C\c3cc(I)ccc3O)C2=O)cc1. The summed E-state index contributed by atoms with van der Waals surface area (Å²) < 4.78 is 0.940. The highest BCUT2D eigenvalue weighted by atomic mass is 127. The number of hydrogen-bond donors (Lipinski definition) is 1. The second kappa shape index (κ2) is 6.98. The molecular weight excluding hydrogens is 437 g/mol. The smallest absolute Gasteiger partial charge is 0.293 e. The lowest BCUT2D eigenvalue weighted by atomic mass is 10.1. The number of aromatic hydroxyl groups is 1. The molecular formula is C18H14INO3S. The maximum atomic E-state index is 12.5. The van der Waals surface area contributed by atoms with Crippen molar-refractivity contribution in [2.24, 2.45) is 0 Å². The molecule has 0 atom stereocenters. The van der Waals surface area contributed by atoms with E-state index in [4.69, 9.17) is 0 Å². The Labute approximate surface area is 157 Å². The van der Waals surface area contributed by atoms with Crippen molar-refractivity contribution in [1.29, 1.82) is 0 Å². The summed E-state index contributed by atoms with van der Waals surface area (Å²) in [5, 5.41) is 9.61. The molecule has 2 amide bonds. The predicted molar refractivity (Wildman–Crippen MR) is 104 cm³/mol. The Hall–Kier alpha value is -1.80. The van der Waals surface area contributed by atoms with Gasteiger partial charge in [0, 0.05) is 9.13 Å². The third-order valence-electron chi connectivity index (χ3n) is 3.61. The minimum absolute atomic E-state index is 0.0840. The fraction of sp³-hybridized carbons (Fsp3) is 0.111. The second-order valence-electron chi connectivity index (χ2n) is 5.46. The number of carbonyl (C=O) groups is 2. The van der Waals surface area contributed by atoms with Gasteiger partial charge in [-0.15, -0.1) is 0 Å². The Bertz CT molecular complexity index is 846. The first-order valence-corrected chi connectivity index (χ1v) is 9.13. The molecule has 0 unspecified atom stereocenters. The van der Waals surface area contributed by atoms with Crippen LogP contribution in [0.2, 0.25) is 0 Å². The Morgan fingerprint density at radius 1 is 1.17 bits per heavy atom. The van der Waals surface area contributed by atoms with E-state index in [2.05, 4.69) is 22.6 Å². The molecule has 1 aliphatic heterocycles. The van der Waals surface area contributed by atoms with Crippen molar-refractivity contribution in [3.63, 3.8) is 0 Å². The highest BCUT2D eigenvalue weighted by molar-refractivity contribution is 14.1. The summed E-state index contributed by atoms with van der Waals surface area (Å²) in [7, 11) is 0. The summed E-state index contributed by atoms with van der Waals surface area (Å²) in [5.41, 5.74) is 2.56. The van der Waals surface area contributed by atoms with Crippen molar-refractivity contribution in [2.45, 2.75) is 13.5 Å². The lowest BCUT2D eigenvalue weighted by Gasteiger charge is -2.12. The van der Waals surface area contributed by atoms with Crippen LogP contribution in [0.4, 0.5) is 4.79 Å². The molecule has 1 aliphatic rings. The highest BCUT2D eigenvalue weighted by Crippen LogP contribution is 2.35. The minimum atomic E-state index is -0.330. The van der Waals surface area contributed by atoms with E-state index in [-0.39, 0.29) is 23.4 Å². The van der Waals surface area contributed by atoms with Gasteiger partial charge in [0.05, 0.1) is 11.4 Å². The first kappa shape index (κ1) is 17.0. The zero-order valence-corrected chi connectivity index (χ0v) is 15.8. The number of hydrogen-bond acceptors (Lipinski definition) is 4. The van der Waals surface area contributed by atoms with Crippen LogP contribution in [0, 0.1) is 10.5 Å². The molecule has 1 N–H and O–H groups in total. The summed E-state index contributed by atoms with van der Waals surface area (Å²) in [5.74, 6) is -0.246. The number of thioether (sulfide) groups is 1. The number of nitrogens with zero attached hydrogens (tertiary/aromatic N) is 1. The van der Waals surface area contributed by atoms with Gasteiger partial charge in [-0.2, -0.15) is 0 Å². The molecule has 0 bridgehead atoms. The van der Waals surface area contributed by atoms with Gasteiger partial charge >= 0.3 is 0 Å². The fourth-order valence-corrected chi connectivity index (χ4v) is 3.64. The first-order valence-electron chi connectivity index (χ1n) is 7.23. The maximum Gasteiger partial charge on any atom is 0.293 e. The predicted octanol–water partition coefficient (Wildman–Crippen LogP) is 4.54. The number of benzene rings is 2. The Morgan fingerprint density at radius 3 is 2.58 bits per heavy atom. The number of imide groups is 1. The Balaban J connectivity index is 1.84. The van der Waals surface area contributed by atoms with E-state index in [1.54, 1.807) is 24.3 Å². The first-order chi connectivity index (χ1) is 11.4. The summed E-state index contributed by atoms with van der Waals surface area (Å²) in [6.07, 6.45) is 1.57. The van der Waals surface area contributed by atoms with Gasteiger partial charge in [-0.05, 0) is 71.1 Å². The van der Waals surface area contributed by atoms with E-state index in [1.807, 2.05) is 31.2 Å². The number of aryl methyl sites for hydroxylation is 1. The summed E-state index contributed by atoms with van der Waals surface area (Å²) in [6.45, 7) is 2.24. The number of carbonyl (C=O) groups excluding carboxylic acids is 2. The molecule has 24 heavy (non-hydrogen) atoms. The van der Waals surface area contributed by atoms with Crippen LogP contribution in [-0.4, -0.2) is 21.2 Å². The van der Waals surface area contributed by atoms with E-state index in [1.165, 1.54) is 4.90 Å². The third-order valence-corrected chi connectivity index (χ3v) is 5.19. The molecule has 0 spiro atoms. The van der Waals surface area contributed by atoms with E-state index in [0.717, 1.165) is 26.5 Å². The zero-order valence-electron chi connectivity index (χ0n) is 12.8. The lowest BCUT2D eigenvalue weighted by Crippen LogP contribution is -2.27. The lowest BCUT2D eigenvalue weighted by molar-refractivity contribution is -0.123. The molecule has 122 valence electrons. The molecule has 1 heterocycles. The van der Waals surface area contributed by atoms with Gasteiger partial charge in [-0.1, -0.05) is 29.8 Å². The van der Waals surface area contributed by atoms with E-state index in [9.17, 15) is 14.7 Å². The molecule has 0 aromatic heterocycles. The van der Waals surface area contributed by atoms with Crippen molar-refractivity contribution in [2.75, 3.05) is 0 Å². The molecule has 1 saturated heterocycles. The molecule has 3 rings (SSSR count). The molecule has 0 aliphatic carbocycles. The molecule has 0 saturated carbocycles. The van der Waals surface area contributed by atoms with Crippen LogP contribution in [0.5, 0.6) is 5.75 Å². The van der Waals surface area contributed by atoms with Crippen molar-refractivity contribution in [3.8, 4) is 5.75 Å². The van der Waals surface area contributed by atoms with Crippen LogP contribution >= 0.6 is 34.4 Å². The van der Waals surface area contributed by atoms with Crippen LogP contribution in [0.15, 0.2) is 47.4 Å². The Morgan fingerprint density at radius 2 is 1.88 bits per heavy atom. The number of amides is 2. The zero-order chi connectivity index (χ0) is 17.3. The van der Waals surface area contributed by atoms with Crippen molar-refractivity contribution in [3.05, 3.63) is 67.6 Å². The molecule has 6 heteroatoms. The maximum absolute atomic E-state index is 12.5. The molecule has 0 radical (unpaired) electrons. The molecule has 1 fully saturated rings. The van der Waals surface area contributed by atoms with Gasteiger partial charge in [0.2, 0.25) is 0 Å². The van der Waals surface area contributed by atoms with Gasteiger partial charge in [-0.3, -0.25) is 14.5 Å². The third kappa shape index (κ3) is 3.64. The van der Waals surface area contributed by atoms with Gasteiger partial charge in [0.15, 0.2) is 0 Å². The second-order valence-corrected chi connectivity index (χ2v) is 7.70. The Kier molecular flexibility index (Phi) is 4.96. The summed E-state index contributed by atoms with van der Waals surface area (Å²) in [4.78, 5) is 26.2. The number of rotatable bonds is 3. The molecule has 4 nitrogen and oxygen atoms in total. The van der Waals surface area contributed by atoms with Gasteiger partial charge in [0.25, 0.3) is 11.1 Å². The number of halogens is 1. The van der Waals surface area contributed by atoms with Crippen LogP contribution in [0.25, 0.3) is 6.08 Å². The van der Waals surface area contributed by atoms with E-state index < -0.39 is 0 Å². The van der Waals surface area contributed by atoms with Crippen molar-refractivity contribution >= 4 is 51.6 Å². The molecule has 2 aromatic carbocycles. The van der Waals surface area contributed by atoms with Crippen LogP contribution in [-0.2, 0) is 11.3 Å². The van der Waals surface area contributed by atoms with Crippen molar-refractivity contribution < 1.29 is 14.7 Å².